The number of aromatic nitrogens is 3. The Kier molecular flexibility index (Phi) is 3.30. The molecule has 1 aliphatic rings. The first-order chi connectivity index (χ1) is 9.65. The summed E-state index contributed by atoms with van der Waals surface area (Å²) < 4.78 is 7.20. The van der Waals surface area contributed by atoms with Gasteiger partial charge in [0.25, 0.3) is 0 Å². The van der Waals surface area contributed by atoms with Crippen LogP contribution in [0.1, 0.15) is 29.3 Å². The highest BCUT2D eigenvalue weighted by Gasteiger charge is 2.25. The lowest BCUT2D eigenvalue weighted by molar-refractivity contribution is -0.125. The van der Waals surface area contributed by atoms with Gasteiger partial charge >= 0.3 is 0 Å². The maximum atomic E-state index is 12.2. The summed E-state index contributed by atoms with van der Waals surface area (Å²) in [6, 6.07) is 0. The van der Waals surface area contributed by atoms with Gasteiger partial charge in [-0.2, -0.15) is 0 Å². The summed E-state index contributed by atoms with van der Waals surface area (Å²) in [6.07, 6.45) is 5.32. The van der Waals surface area contributed by atoms with Crippen molar-refractivity contribution < 1.29 is 9.32 Å². The Balaban J connectivity index is 1.61. The van der Waals surface area contributed by atoms with Gasteiger partial charge in [0.2, 0.25) is 5.91 Å². The van der Waals surface area contributed by atoms with Crippen LogP contribution < -0.4 is 5.32 Å². The van der Waals surface area contributed by atoms with E-state index in [0.29, 0.717) is 13.0 Å². The van der Waals surface area contributed by atoms with E-state index in [4.69, 9.17) is 4.52 Å². The lowest BCUT2D eigenvalue weighted by Crippen LogP contribution is -2.35. The SMILES string of the molecule is Cc1noc(C)c1CNC(=O)C1CCn2ccnc2C1. The summed E-state index contributed by atoms with van der Waals surface area (Å²) in [5.41, 5.74) is 1.80. The van der Waals surface area contributed by atoms with Crippen molar-refractivity contribution in [2.75, 3.05) is 0 Å². The third kappa shape index (κ3) is 2.33. The van der Waals surface area contributed by atoms with Crippen LogP contribution in [0.4, 0.5) is 0 Å². The van der Waals surface area contributed by atoms with Crippen molar-refractivity contribution in [2.45, 2.75) is 39.8 Å². The van der Waals surface area contributed by atoms with E-state index in [0.717, 1.165) is 35.8 Å². The molecule has 0 radical (unpaired) electrons. The van der Waals surface area contributed by atoms with Crippen LogP contribution in [0, 0.1) is 19.8 Å². The van der Waals surface area contributed by atoms with Crippen molar-refractivity contribution in [1.82, 2.24) is 20.0 Å². The third-order valence-corrected chi connectivity index (χ3v) is 3.94. The third-order valence-electron chi connectivity index (χ3n) is 3.94. The van der Waals surface area contributed by atoms with E-state index in [1.165, 1.54) is 0 Å². The standard InChI is InChI=1S/C14H18N4O2/c1-9-12(10(2)20-17-9)8-16-14(19)11-3-5-18-6-4-15-13(18)7-11/h4,6,11H,3,5,7-8H2,1-2H3,(H,16,19). The van der Waals surface area contributed by atoms with Crippen LogP contribution >= 0.6 is 0 Å². The van der Waals surface area contributed by atoms with E-state index < -0.39 is 0 Å². The molecule has 2 aromatic heterocycles. The largest absolute Gasteiger partial charge is 0.361 e. The molecule has 106 valence electrons. The second kappa shape index (κ2) is 5.11. The summed E-state index contributed by atoms with van der Waals surface area (Å²) >= 11 is 0. The average molecular weight is 274 g/mol. The summed E-state index contributed by atoms with van der Waals surface area (Å²) in [5.74, 6) is 1.85. The van der Waals surface area contributed by atoms with Gasteiger partial charge < -0.3 is 14.4 Å². The Labute approximate surface area is 117 Å². The van der Waals surface area contributed by atoms with Gasteiger partial charge in [-0.3, -0.25) is 4.79 Å². The monoisotopic (exact) mass is 274 g/mol. The van der Waals surface area contributed by atoms with Crippen molar-refractivity contribution in [3.05, 3.63) is 35.2 Å². The van der Waals surface area contributed by atoms with Crippen molar-refractivity contribution in [1.29, 1.82) is 0 Å². The number of aryl methyl sites for hydroxylation is 3. The van der Waals surface area contributed by atoms with Crippen LogP contribution in [-0.2, 0) is 24.3 Å². The number of carbonyl (C=O) groups is 1. The fourth-order valence-corrected chi connectivity index (χ4v) is 2.65. The van der Waals surface area contributed by atoms with Crippen LogP contribution in [0.3, 0.4) is 0 Å². The van der Waals surface area contributed by atoms with E-state index in [2.05, 4.69) is 20.0 Å². The first-order valence-corrected chi connectivity index (χ1v) is 6.84. The second-order valence-corrected chi connectivity index (χ2v) is 5.25. The fourth-order valence-electron chi connectivity index (χ4n) is 2.65. The van der Waals surface area contributed by atoms with Crippen molar-refractivity contribution >= 4 is 5.91 Å². The number of nitrogens with zero attached hydrogens (tertiary/aromatic N) is 3. The molecule has 1 amide bonds. The van der Waals surface area contributed by atoms with Crippen LogP contribution in [0.15, 0.2) is 16.9 Å². The van der Waals surface area contributed by atoms with Gasteiger partial charge in [0.05, 0.1) is 5.69 Å². The van der Waals surface area contributed by atoms with Crippen LogP contribution in [0.25, 0.3) is 0 Å². The van der Waals surface area contributed by atoms with Crippen LogP contribution in [0.2, 0.25) is 0 Å². The molecular formula is C14H18N4O2. The summed E-state index contributed by atoms with van der Waals surface area (Å²) in [6.45, 7) is 5.08. The highest BCUT2D eigenvalue weighted by molar-refractivity contribution is 5.79. The zero-order valence-corrected chi connectivity index (χ0v) is 11.7. The number of nitrogens with one attached hydrogen (secondary N) is 1. The van der Waals surface area contributed by atoms with Crippen LogP contribution in [0.5, 0.6) is 0 Å². The average Bonchev–Trinajstić information content (AvgIpc) is 3.03. The molecule has 0 saturated carbocycles. The molecule has 0 bridgehead atoms. The Bertz CT molecular complexity index is 609. The highest BCUT2D eigenvalue weighted by atomic mass is 16.5. The minimum Gasteiger partial charge on any atom is -0.361 e. The van der Waals surface area contributed by atoms with Gasteiger partial charge in [-0.25, -0.2) is 4.98 Å². The molecule has 0 spiro atoms. The number of hydrogen-bond donors (Lipinski definition) is 1. The van der Waals surface area contributed by atoms with Crippen molar-refractivity contribution in [2.24, 2.45) is 5.92 Å². The molecule has 3 heterocycles. The number of carbonyl (C=O) groups excluding carboxylic acids is 1. The normalized spacial score (nSPS) is 17.8. The molecule has 1 atom stereocenters. The molecule has 1 unspecified atom stereocenters. The topological polar surface area (TPSA) is 73.0 Å². The molecule has 0 aromatic carbocycles. The summed E-state index contributed by atoms with van der Waals surface area (Å²) in [4.78, 5) is 16.5. The minimum absolute atomic E-state index is 0.00497. The van der Waals surface area contributed by atoms with Crippen molar-refractivity contribution in [3.63, 3.8) is 0 Å². The van der Waals surface area contributed by atoms with Gasteiger partial charge in [-0.05, 0) is 20.3 Å². The number of fused-ring (bicyclic) bond motifs is 1. The van der Waals surface area contributed by atoms with Gasteiger partial charge in [-0.15, -0.1) is 0 Å². The quantitative estimate of drug-likeness (QED) is 0.917. The molecule has 0 fully saturated rings. The van der Waals surface area contributed by atoms with Gasteiger partial charge in [0, 0.05) is 43.4 Å². The molecule has 0 aliphatic carbocycles. The number of hydrogen-bond acceptors (Lipinski definition) is 4. The predicted molar refractivity (Wildman–Crippen MR) is 71.9 cm³/mol. The number of imidazole rings is 1. The smallest absolute Gasteiger partial charge is 0.223 e. The summed E-state index contributed by atoms with van der Waals surface area (Å²) in [5, 5.41) is 6.87. The molecule has 0 saturated heterocycles. The van der Waals surface area contributed by atoms with Crippen molar-refractivity contribution in [3.8, 4) is 0 Å². The van der Waals surface area contributed by atoms with E-state index in [1.54, 1.807) is 6.20 Å². The number of amides is 1. The Morgan fingerprint density at radius 2 is 2.40 bits per heavy atom. The Hall–Kier alpha value is -2.11. The maximum absolute atomic E-state index is 12.2. The lowest BCUT2D eigenvalue weighted by Gasteiger charge is -2.22. The molecule has 6 nitrogen and oxygen atoms in total. The molecule has 6 heteroatoms. The first-order valence-electron chi connectivity index (χ1n) is 6.84. The van der Waals surface area contributed by atoms with E-state index in [-0.39, 0.29) is 11.8 Å². The molecular weight excluding hydrogens is 256 g/mol. The van der Waals surface area contributed by atoms with Gasteiger partial charge in [0.15, 0.2) is 0 Å². The zero-order chi connectivity index (χ0) is 14.1. The van der Waals surface area contributed by atoms with Gasteiger partial charge in [0.1, 0.15) is 11.6 Å². The number of rotatable bonds is 3. The lowest BCUT2D eigenvalue weighted by atomic mass is 9.97. The van der Waals surface area contributed by atoms with Gasteiger partial charge in [-0.1, -0.05) is 5.16 Å². The molecule has 1 N–H and O–H groups in total. The zero-order valence-electron chi connectivity index (χ0n) is 11.7. The van der Waals surface area contributed by atoms with E-state index in [9.17, 15) is 4.79 Å². The molecule has 1 aliphatic heterocycles. The second-order valence-electron chi connectivity index (χ2n) is 5.25. The molecule has 20 heavy (non-hydrogen) atoms. The Morgan fingerprint density at radius 3 is 3.15 bits per heavy atom. The molecule has 2 aromatic rings. The molecule has 3 rings (SSSR count). The van der Waals surface area contributed by atoms with E-state index in [1.807, 2.05) is 20.0 Å². The van der Waals surface area contributed by atoms with E-state index >= 15 is 0 Å². The first kappa shape index (κ1) is 12.9. The maximum Gasteiger partial charge on any atom is 0.223 e. The highest BCUT2D eigenvalue weighted by Crippen LogP contribution is 2.19. The Morgan fingerprint density at radius 1 is 1.55 bits per heavy atom. The fraction of sp³-hybridized carbons (Fsp3) is 0.500. The minimum atomic E-state index is 0.00497. The van der Waals surface area contributed by atoms with Crippen LogP contribution in [-0.4, -0.2) is 20.6 Å². The predicted octanol–water partition coefficient (Wildman–Crippen LogP) is 1.37. The summed E-state index contributed by atoms with van der Waals surface area (Å²) in [7, 11) is 0.